The highest BCUT2D eigenvalue weighted by molar-refractivity contribution is 6.46. The first-order chi connectivity index (χ1) is 10.4. The van der Waals surface area contributed by atoms with Crippen molar-refractivity contribution in [1.29, 1.82) is 0 Å². The summed E-state index contributed by atoms with van der Waals surface area (Å²) in [5.41, 5.74) is 0. The monoisotopic (exact) mass is 299 g/mol. The maximum absolute atomic E-state index is 6.08. The van der Waals surface area contributed by atoms with Crippen molar-refractivity contribution in [2.75, 3.05) is 0 Å². The van der Waals surface area contributed by atoms with Gasteiger partial charge in [-0.25, -0.2) is 0 Å². The van der Waals surface area contributed by atoms with Gasteiger partial charge in [0, 0.05) is 6.04 Å². The summed E-state index contributed by atoms with van der Waals surface area (Å²) < 4.78 is 12.2. The van der Waals surface area contributed by atoms with Gasteiger partial charge >= 0.3 is 9.28 Å². The summed E-state index contributed by atoms with van der Waals surface area (Å²) in [5.74, 6) is 1.80. The largest absolute Gasteiger partial charge is 0.532 e. The Morgan fingerprint density at radius 1 is 0.714 bits per heavy atom. The number of hydrogen-bond donors (Lipinski definition) is 0. The van der Waals surface area contributed by atoms with Gasteiger partial charge in [-0.1, -0.05) is 62.6 Å². The number of unbranched alkanes of at least 4 members (excludes halogenated alkanes) is 3. The topological polar surface area (TPSA) is 18.5 Å². The molecule has 0 heterocycles. The van der Waals surface area contributed by atoms with Crippen LogP contribution in [0.1, 0.15) is 32.6 Å². The second kappa shape index (κ2) is 9.24. The van der Waals surface area contributed by atoms with Crippen molar-refractivity contribution in [2.45, 2.75) is 38.7 Å². The van der Waals surface area contributed by atoms with Crippen molar-refractivity contribution in [3.8, 4) is 11.5 Å². The van der Waals surface area contributed by atoms with Gasteiger partial charge in [-0.05, 0) is 30.7 Å². The summed E-state index contributed by atoms with van der Waals surface area (Å²) in [6, 6.07) is 20.9. The molecule has 0 fully saturated rings. The lowest BCUT2D eigenvalue weighted by atomic mass is 10.2. The summed E-state index contributed by atoms with van der Waals surface area (Å²) in [7, 11) is -1.33. The van der Waals surface area contributed by atoms with Crippen LogP contribution in [0, 0.1) is 0 Å². The third-order valence-corrected chi connectivity index (χ3v) is 4.87. The summed E-state index contributed by atoms with van der Waals surface area (Å²) in [6.07, 6.45) is 4.95. The molecule has 0 aliphatic heterocycles. The van der Waals surface area contributed by atoms with E-state index in [-0.39, 0.29) is 0 Å². The van der Waals surface area contributed by atoms with Crippen molar-refractivity contribution >= 4 is 9.28 Å². The molecule has 21 heavy (non-hydrogen) atoms. The van der Waals surface area contributed by atoms with Crippen LogP contribution in [0.5, 0.6) is 11.5 Å². The molecular weight excluding hydrogens is 276 g/mol. The maximum atomic E-state index is 6.08. The van der Waals surface area contributed by atoms with Crippen molar-refractivity contribution < 1.29 is 8.85 Å². The van der Waals surface area contributed by atoms with Crippen LogP contribution in [0.3, 0.4) is 0 Å². The average molecular weight is 299 g/mol. The molecule has 0 bridgehead atoms. The number of rotatable bonds is 9. The van der Waals surface area contributed by atoms with Gasteiger partial charge in [0.1, 0.15) is 11.5 Å². The van der Waals surface area contributed by atoms with Crippen molar-refractivity contribution in [1.82, 2.24) is 0 Å². The molecule has 0 aliphatic rings. The lowest BCUT2D eigenvalue weighted by molar-refractivity contribution is 0.417. The van der Waals surface area contributed by atoms with Gasteiger partial charge in [-0.3, -0.25) is 0 Å². The lowest BCUT2D eigenvalue weighted by Crippen LogP contribution is -2.29. The normalized spacial score (nSPS) is 10.6. The predicted octanol–water partition coefficient (Wildman–Crippen LogP) is 5.21. The Balaban J connectivity index is 1.93. The Bertz CT molecular complexity index is 446. The van der Waals surface area contributed by atoms with Gasteiger partial charge in [0.25, 0.3) is 0 Å². The number of para-hydroxylation sites is 2. The fourth-order valence-electron chi connectivity index (χ4n) is 2.06. The molecule has 0 spiro atoms. The quantitative estimate of drug-likeness (QED) is 0.467. The average Bonchev–Trinajstić information content (AvgIpc) is 2.53. The molecule has 0 saturated carbocycles. The highest BCUT2D eigenvalue weighted by atomic mass is 28.3. The van der Waals surface area contributed by atoms with Crippen LogP contribution >= 0.6 is 0 Å². The highest BCUT2D eigenvalue weighted by Crippen LogP contribution is 2.17. The molecule has 3 heteroatoms. The predicted molar refractivity (Wildman–Crippen MR) is 88.8 cm³/mol. The summed E-state index contributed by atoms with van der Waals surface area (Å²) in [5, 5.41) is 0. The van der Waals surface area contributed by atoms with E-state index >= 15 is 0 Å². The smallest absolute Gasteiger partial charge is 0.510 e. The van der Waals surface area contributed by atoms with Crippen molar-refractivity contribution in [3.05, 3.63) is 60.7 Å². The molecule has 111 valence electrons. The van der Waals surface area contributed by atoms with Crippen LogP contribution in [0.4, 0.5) is 0 Å². The molecule has 2 aromatic carbocycles. The number of benzene rings is 2. The molecule has 2 rings (SSSR count). The third-order valence-electron chi connectivity index (χ3n) is 3.18. The zero-order valence-electron chi connectivity index (χ0n) is 12.6. The van der Waals surface area contributed by atoms with Gasteiger partial charge in [0.15, 0.2) is 0 Å². The minimum absolute atomic E-state index is 0.901. The zero-order chi connectivity index (χ0) is 14.8. The van der Waals surface area contributed by atoms with E-state index in [0.29, 0.717) is 0 Å². The van der Waals surface area contributed by atoms with Crippen LogP contribution in [0.2, 0.25) is 6.04 Å². The standard InChI is InChI=1S/C18H23O2Si/c1-2-3-4-11-16-21(19-17-12-7-5-8-13-17)20-18-14-9-6-10-15-18/h5-10,12-15H,2-4,11,16H2,1H3. The van der Waals surface area contributed by atoms with Crippen LogP contribution in [0.25, 0.3) is 0 Å². The Hall–Kier alpha value is -1.74. The minimum atomic E-state index is -1.33. The molecule has 1 radical (unpaired) electrons. The molecule has 0 aliphatic carbocycles. The van der Waals surface area contributed by atoms with Crippen LogP contribution in [-0.4, -0.2) is 9.28 Å². The van der Waals surface area contributed by atoms with Crippen LogP contribution in [0.15, 0.2) is 60.7 Å². The minimum Gasteiger partial charge on any atom is -0.510 e. The van der Waals surface area contributed by atoms with E-state index in [9.17, 15) is 0 Å². The first-order valence-corrected chi connectivity index (χ1v) is 9.22. The van der Waals surface area contributed by atoms with Gasteiger partial charge in [0.2, 0.25) is 0 Å². The molecule has 0 atom stereocenters. The Morgan fingerprint density at radius 2 is 1.24 bits per heavy atom. The van der Waals surface area contributed by atoms with E-state index in [2.05, 4.69) is 6.92 Å². The summed E-state index contributed by atoms with van der Waals surface area (Å²) in [4.78, 5) is 0. The van der Waals surface area contributed by atoms with E-state index in [1.54, 1.807) is 0 Å². The van der Waals surface area contributed by atoms with E-state index in [1.165, 1.54) is 25.7 Å². The molecular formula is C18H23O2Si. The molecule has 0 amide bonds. The SMILES string of the molecule is CCCCCC[Si](Oc1ccccc1)Oc1ccccc1. The zero-order valence-corrected chi connectivity index (χ0v) is 13.6. The van der Waals surface area contributed by atoms with Gasteiger partial charge in [-0.2, -0.15) is 0 Å². The molecule has 0 unspecified atom stereocenters. The van der Waals surface area contributed by atoms with E-state index in [4.69, 9.17) is 8.85 Å². The molecule has 2 nitrogen and oxygen atoms in total. The molecule has 0 saturated heterocycles. The van der Waals surface area contributed by atoms with Gasteiger partial charge in [-0.15, -0.1) is 0 Å². The maximum Gasteiger partial charge on any atom is 0.532 e. The molecule has 0 N–H and O–H groups in total. The second-order valence-corrected chi connectivity index (χ2v) is 6.67. The van der Waals surface area contributed by atoms with Gasteiger partial charge in [0.05, 0.1) is 0 Å². The van der Waals surface area contributed by atoms with Crippen LogP contribution in [-0.2, 0) is 0 Å². The van der Waals surface area contributed by atoms with Crippen molar-refractivity contribution in [3.63, 3.8) is 0 Å². The Labute approximate surface area is 129 Å². The Kier molecular flexibility index (Phi) is 6.88. The number of hydrogen-bond acceptors (Lipinski definition) is 2. The second-order valence-electron chi connectivity index (χ2n) is 5.01. The molecule has 0 aromatic heterocycles. The molecule has 2 aromatic rings. The van der Waals surface area contributed by atoms with Crippen molar-refractivity contribution in [2.24, 2.45) is 0 Å². The van der Waals surface area contributed by atoms with E-state index in [0.717, 1.165) is 17.5 Å². The summed E-state index contributed by atoms with van der Waals surface area (Å²) >= 11 is 0. The first-order valence-electron chi connectivity index (χ1n) is 7.70. The van der Waals surface area contributed by atoms with E-state index < -0.39 is 9.28 Å². The van der Waals surface area contributed by atoms with E-state index in [1.807, 2.05) is 60.7 Å². The fourth-order valence-corrected chi connectivity index (χ4v) is 3.64. The fraction of sp³-hybridized carbons (Fsp3) is 0.333. The lowest BCUT2D eigenvalue weighted by Gasteiger charge is -2.17. The van der Waals surface area contributed by atoms with Crippen LogP contribution < -0.4 is 8.85 Å². The van der Waals surface area contributed by atoms with Gasteiger partial charge < -0.3 is 8.85 Å². The first kappa shape index (κ1) is 15.6. The highest BCUT2D eigenvalue weighted by Gasteiger charge is 2.20. The summed E-state index contributed by atoms with van der Waals surface area (Å²) in [6.45, 7) is 2.23. The Morgan fingerprint density at radius 3 is 1.71 bits per heavy atom. The third kappa shape index (κ3) is 6.04.